The van der Waals surface area contributed by atoms with Gasteiger partial charge >= 0.3 is 265 Å². The van der Waals surface area contributed by atoms with Gasteiger partial charge in [0.25, 0.3) is 0 Å². The Morgan fingerprint density at radius 1 is 0.864 bits per heavy atom. The van der Waals surface area contributed by atoms with Gasteiger partial charge in [-0.1, -0.05) is 0 Å². The maximum absolute atomic E-state index is 2.75. The van der Waals surface area contributed by atoms with Gasteiger partial charge in [-0.15, -0.1) is 0 Å². The molecule has 0 saturated carbocycles. The van der Waals surface area contributed by atoms with Gasteiger partial charge in [-0.3, -0.25) is 0 Å². The molecule has 0 heterocycles. The molecule has 0 spiro atoms. The van der Waals surface area contributed by atoms with E-state index >= 15 is 0 Å². The second kappa shape index (κ2) is 12.1. The Kier molecular flexibility index (Phi) is 9.76. The summed E-state index contributed by atoms with van der Waals surface area (Å²) in [5, 5.41) is 3.00. The van der Waals surface area contributed by atoms with Crippen molar-refractivity contribution in [2.45, 2.75) is 111 Å². The molecule has 44 heavy (non-hydrogen) atoms. The largest absolute Gasteiger partial charge is 1.00 e. The van der Waals surface area contributed by atoms with Crippen LogP contribution in [0.4, 0.5) is 0 Å². The molecule has 3 aromatic carbocycles. The predicted molar refractivity (Wildman–Crippen MR) is 182 cm³/mol. The molecule has 0 fully saturated rings. The van der Waals surface area contributed by atoms with Crippen LogP contribution in [-0.4, -0.2) is 3.21 Å². The minimum atomic E-state index is -2.40. The van der Waals surface area contributed by atoms with Gasteiger partial charge in [0.2, 0.25) is 0 Å². The minimum absolute atomic E-state index is 0. The summed E-state index contributed by atoms with van der Waals surface area (Å²) in [6, 6.07) is 12.0. The van der Waals surface area contributed by atoms with Crippen LogP contribution in [0.3, 0.4) is 0 Å². The summed E-state index contributed by atoms with van der Waals surface area (Å²) in [7, 11) is 0. The number of aryl methyl sites for hydroxylation is 1. The monoisotopic (exact) mass is 704 g/mol. The normalized spacial score (nSPS) is 25.1. The van der Waals surface area contributed by atoms with Crippen molar-refractivity contribution in [1.82, 2.24) is 0 Å². The van der Waals surface area contributed by atoms with Crippen LogP contribution in [0.2, 0.25) is 0 Å². The van der Waals surface area contributed by atoms with Crippen LogP contribution < -0.4 is 24.8 Å². The topological polar surface area (TPSA) is 0 Å². The van der Waals surface area contributed by atoms with Gasteiger partial charge in [0, 0.05) is 0 Å². The Balaban J connectivity index is 0.00000221. The molecule has 6 rings (SSSR count). The van der Waals surface area contributed by atoms with Gasteiger partial charge < -0.3 is 24.8 Å². The number of fused-ring (bicyclic) bond motifs is 8. The van der Waals surface area contributed by atoms with E-state index in [1.165, 1.54) is 33.0 Å². The van der Waals surface area contributed by atoms with E-state index in [0.717, 1.165) is 6.42 Å². The summed E-state index contributed by atoms with van der Waals surface area (Å²) >= 11 is -2.40. The summed E-state index contributed by atoms with van der Waals surface area (Å²) in [6.45, 7) is 32.2. The van der Waals surface area contributed by atoms with E-state index in [9.17, 15) is 0 Å². The molecule has 0 aromatic heterocycles. The van der Waals surface area contributed by atoms with Crippen LogP contribution in [0.5, 0.6) is 0 Å². The van der Waals surface area contributed by atoms with E-state index in [1.807, 2.05) is 3.28 Å². The zero-order valence-electron chi connectivity index (χ0n) is 29.3. The van der Waals surface area contributed by atoms with Gasteiger partial charge in [0.1, 0.15) is 0 Å². The molecule has 0 N–H and O–H groups in total. The summed E-state index contributed by atoms with van der Waals surface area (Å²) in [5.74, 6) is 2.24. The fourth-order valence-electron chi connectivity index (χ4n) is 9.45. The third kappa shape index (κ3) is 4.89. The maximum atomic E-state index is 2.75. The van der Waals surface area contributed by atoms with Gasteiger partial charge in [-0.2, -0.15) is 0 Å². The molecule has 3 aromatic rings. The molecule has 3 aliphatic carbocycles. The number of hydrogen-bond acceptors (Lipinski definition) is 0. The van der Waals surface area contributed by atoms with E-state index in [1.54, 1.807) is 36.6 Å². The summed E-state index contributed by atoms with van der Waals surface area (Å²) in [4.78, 5) is 0. The fraction of sp³-hybridized carbons (Fsp3) is 0.488. The average Bonchev–Trinajstić information content (AvgIpc) is 3.52. The quantitative estimate of drug-likeness (QED) is 0.326. The second-order valence-corrected chi connectivity index (χ2v) is 24.0. The van der Waals surface area contributed by atoms with E-state index in [-0.39, 0.29) is 33.4 Å². The predicted octanol–water partition coefficient (Wildman–Crippen LogP) is 5.60. The zero-order valence-corrected chi connectivity index (χ0v) is 33.3. The summed E-state index contributed by atoms with van der Waals surface area (Å²) in [5.41, 5.74) is 16.0. The molecule has 5 atom stereocenters. The molecule has 3 aliphatic rings. The van der Waals surface area contributed by atoms with Crippen molar-refractivity contribution in [1.29, 1.82) is 0 Å². The Labute approximate surface area is 288 Å². The molecule has 0 amide bonds. The van der Waals surface area contributed by atoms with E-state index < -0.39 is 21.3 Å². The second-order valence-electron chi connectivity index (χ2n) is 15.5. The Morgan fingerprint density at radius 3 is 2.05 bits per heavy atom. The zero-order chi connectivity index (χ0) is 30.6. The average molecular weight is 707 g/mol. The van der Waals surface area contributed by atoms with Crippen molar-refractivity contribution in [3.63, 3.8) is 0 Å². The van der Waals surface area contributed by atoms with E-state index in [0.29, 0.717) is 23.7 Å². The van der Waals surface area contributed by atoms with Crippen LogP contribution >= 0.6 is 0 Å². The third-order valence-electron chi connectivity index (χ3n) is 12.2. The Bertz CT molecular complexity index is 1760. The summed E-state index contributed by atoms with van der Waals surface area (Å²) in [6.07, 6.45) is 6.41. The van der Waals surface area contributed by atoms with Crippen LogP contribution in [0.1, 0.15) is 126 Å². The van der Waals surface area contributed by atoms with Crippen molar-refractivity contribution in [2.75, 3.05) is 0 Å². The number of benzene rings is 3. The summed E-state index contributed by atoms with van der Waals surface area (Å²) < 4.78 is 3.76. The molecule has 0 saturated heterocycles. The van der Waals surface area contributed by atoms with Gasteiger partial charge in [-0.05, 0) is 0 Å². The van der Waals surface area contributed by atoms with Gasteiger partial charge in [0.15, 0.2) is 0 Å². The maximum Gasteiger partial charge on any atom is -1.00 e. The third-order valence-corrected chi connectivity index (χ3v) is 21.4. The SMILES string of the molecule is C[C](C)=[Zr+2]([C]1=CC(C(C)(C)C)=CC1)[C]1(C)c2c3c(c4ccccc4c2C(C)C(C)C1C)-c1cc(C)c(C)c(C)c1C3C.[Cl-].[Cl-]. The Hall–Kier alpha value is -1.27. The fourth-order valence-corrected chi connectivity index (χ4v) is 19.8. The van der Waals surface area contributed by atoms with Crippen molar-refractivity contribution >= 4 is 14.0 Å². The molecule has 0 aliphatic heterocycles. The molecular weight excluding hydrogens is 655 g/mol. The molecule has 0 radical (unpaired) electrons. The van der Waals surface area contributed by atoms with Crippen LogP contribution in [0, 0.1) is 38.0 Å². The molecule has 0 nitrogen and oxygen atoms in total. The van der Waals surface area contributed by atoms with Crippen molar-refractivity contribution in [2.24, 2.45) is 17.3 Å². The Morgan fingerprint density at radius 2 is 1.48 bits per heavy atom. The molecule has 234 valence electrons. The van der Waals surface area contributed by atoms with E-state index in [4.69, 9.17) is 0 Å². The van der Waals surface area contributed by atoms with Crippen molar-refractivity contribution < 1.29 is 46.1 Å². The molecule has 3 heteroatoms. The molecule has 0 bridgehead atoms. The first kappa shape index (κ1) is 35.6. The first-order chi connectivity index (χ1) is 19.6. The standard InChI is InChI=1S/C29H33.C9H13.C3H6.2ClH.Zr/c1-14-13-24-25(18(5)15(14)2)21(8)28-27-20(7)17(4)16(3)19(6)26(27)22-11-9-10-12-23(22)29(24)28;1-9(2,3)8-6-4-5-7-8;1-3-2;;;/h9-13,16-17,19,21H,1-8H3;6-7H,4H2,1-3H3;1-2H3;2*1H;/q;;;;;+2/p-2. The number of hydrogen-bond donors (Lipinski definition) is 0. The molecule has 5 unspecified atom stereocenters. The van der Waals surface area contributed by atoms with Crippen LogP contribution in [0.15, 0.2) is 51.3 Å². The smallest absolute Gasteiger partial charge is 1.00 e. The van der Waals surface area contributed by atoms with Crippen molar-refractivity contribution in [3.8, 4) is 11.1 Å². The molecular formula is C41H52Cl2Zr. The van der Waals surface area contributed by atoms with Crippen LogP contribution in [-0.2, 0) is 24.4 Å². The first-order valence-corrected chi connectivity index (χ1v) is 20.1. The van der Waals surface area contributed by atoms with E-state index in [2.05, 4.69) is 132 Å². The minimum Gasteiger partial charge on any atom is -1.00 e. The first-order valence-electron chi connectivity index (χ1n) is 16.4. The van der Waals surface area contributed by atoms with Crippen LogP contribution in [0.25, 0.3) is 21.9 Å². The number of rotatable bonds is 2. The van der Waals surface area contributed by atoms with Crippen molar-refractivity contribution in [3.05, 3.63) is 90.3 Å². The number of halogens is 2. The van der Waals surface area contributed by atoms with Gasteiger partial charge in [0.05, 0.1) is 0 Å². The number of allylic oxidation sites excluding steroid dienone is 4. The van der Waals surface area contributed by atoms with Gasteiger partial charge in [-0.25, -0.2) is 0 Å².